The van der Waals surface area contributed by atoms with Crippen LogP contribution in [0.3, 0.4) is 0 Å². The van der Waals surface area contributed by atoms with E-state index in [-0.39, 0.29) is 40.1 Å². The Bertz CT molecular complexity index is 159. The summed E-state index contributed by atoms with van der Waals surface area (Å²) in [5, 5.41) is 0.767. The topological polar surface area (TPSA) is 29.5 Å². The van der Waals surface area contributed by atoms with Crippen LogP contribution in [-0.4, -0.2) is 35.5 Å². The van der Waals surface area contributed by atoms with E-state index in [0.717, 1.165) is 5.33 Å². The quantitative estimate of drug-likeness (QED) is 0.666. The van der Waals surface area contributed by atoms with Gasteiger partial charge in [0, 0.05) is 18.9 Å². The molecule has 0 aromatic heterocycles. The molecule has 0 N–H and O–H groups in total. The van der Waals surface area contributed by atoms with Crippen molar-refractivity contribution in [2.24, 2.45) is 0 Å². The molecule has 0 aliphatic carbocycles. The molecule has 1 amide bonds. The normalized spacial score (nSPS) is 9.50. The van der Waals surface area contributed by atoms with E-state index < -0.39 is 5.60 Å². The number of amides is 1. The van der Waals surface area contributed by atoms with Crippen LogP contribution in [-0.2, 0) is 4.74 Å². The van der Waals surface area contributed by atoms with Crippen LogP contribution < -0.4 is 0 Å². The number of nitrogens with zero attached hydrogens (tertiary/aromatic N) is 1. The molecule has 0 aromatic rings. The Morgan fingerprint density at radius 1 is 1.36 bits per heavy atom. The first-order chi connectivity index (χ1) is 5.37. The van der Waals surface area contributed by atoms with E-state index in [1.54, 1.807) is 11.9 Å². The van der Waals surface area contributed by atoms with Crippen molar-refractivity contribution in [1.82, 2.24) is 4.90 Å². The van der Waals surface area contributed by atoms with Gasteiger partial charge < -0.3 is 9.64 Å². The lowest BCUT2D eigenvalue weighted by Gasteiger charge is -2.24. The molecular formula is C8H18Br3NO2. The Kier molecular flexibility index (Phi) is 12.9. The van der Waals surface area contributed by atoms with Crippen LogP contribution in [0.25, 0.3) is 0 Å². The Labute approximate surface area is 115 Å². The van der Waals surface area contributed by atoms with E-state index in [4.69, 9.17) is 4.74 Å². The first-order valence-corrected chi connectivity index (χ1v) is 4.99. The molecule has 0 bridgehead atoms. The van der Waals surface area contributed by atoms with E-state index in [2.05, 4.69) is 15.9 Å². The average Bonchev–Trinajstić information content (AvgIpc) is 1.84. The summed E-state index contributed by atoms with van der Waals surface area (Å²) in [6, 6.07) is 0. The second-order valence-electron chi connectivity index (χ2n) is 3.59. The zero-order chi connectivity index (χ0) is 9.78. The molecule has 0 spiro atoms. The molecule has 0 radical (unpaired) electrons. The summed E-state index contributed by atoms with van der Waals surface area (Å²) < 4.78 is 5.12. The molecule has 0 aromatic carbocycles. The summed E-state index contributed by atoms with van der Waals surface area (Å²) in [5.41, 5.74) is -0.405. The second kappa shape index (κ2) is 8.97. The smallest absolute Gasteiger partial charge is 0.410 e. The SMILES string of the molecule is Br.Br.CN(CCBr)C(=O)OC(C)(C)C. The largest absolute Gasteiger partial charge is 0.444 e. The van der Waals surface area contributed by atoms with Gasteiger partial charge in [-0.1, -0.05) is 15.9 Å². The van der Waals surface area contributed by atoms with Crippen molar-refractivity contribution in [3.05, 3.63) is 0 Å². The van der Waals surface area contributed by atoms with E-state index in [9.17, 15) is 4.79 Å². The van der Waals surface area contributed by atoms with Gasteiger partial charge >= 0.3 is 6.09 Å². The number of ether oxygens (including phenoxy) is 1. The fourth-order valence-electron chi connectivity index (χ4n) is 0.558. The second-order valence-corrected chi connectivity index (χ2v) is 4.38. The molecule has 0 rings (SSSR count). The van der Waals surface area contributed by atoms with Crippen LogP contribution in [0.2, 0.25) is 0 Å². The third-order valence-electron chi connectivity index (χ3n) is 1.13. The fraction of sp³-hybridized carbons (Fsp3) is 0.875. The minimum absolute atomic E-state index is 0. The molecule has 0 fully saturated rings. The van der Waals surface area contributed by atoms with Crippen molar-refractivity contribution in [2.45, 2.75) is 26.4 Å². The first kappa shape index (κ1) is 20.2. The molecule has 14 heavy (non-hydrogen) atoms. The highest BCUT2D eigenvalue weighted by Crippen LogP contribution is 2.08. The fourth-order valence-corrected chi connectivity index (χ4v) is 1.09. The molecule has 0 atom stereocenters. The number of carbonyl (C=O) groups is 1. The van der Waals surface area contributed by atoms with Gasteiger partial charge in [-0.3, -0.25) is 0 Å². The number of hydrogen-bond acceptors (Lipinski definition) is 2. The standard InChI is InChI=1S/C8H16BrNO2.2BrH/c1-8(2,3)12-7(11)10(4)6-5-9;;/h5-6H2,1-4H3;2*1H. The minimum atomic E-state index is -0.405. The highest BCUT2D eigenvalue weighted by atomic mass is 79.9. The molecule has 0 saturated carbocycles. The van der Waals surface area contributed by atoms with Crippen LogP contribution in [0.1, 0.15) is 20.8 Å². The van der Waals surface area contributed by atoms with Crippen LogP contribution in [0.4, 0.5) is 4.79 Å². The van der Waals surface area contributed by atoms with Crippen molar-refractivity contribution < 1.29 is 9.53 Å². The number of rotatable bonds is 2. The van der Waals surface area contributed by atoms with E-state index >= 15 is 0 Å². The molecule has 0 aliphatic rings. The monoisotopic (exact) mass is 397 g/mol. The van der Waals surface area contributed by atoms with Gasteiger partial charge in [0.2, 0.25) is 0 Å². The minimum Gasteiger partial charge on any atom is -0.444 e. The van der Waals surface area contributed by atoms with E-state index in [0.29, 0.717) is 6.54 Å². The molecule has 6 heteroatoms. The maximum atomic E-state index is 11.2. The molecule has 0 saturated heterocycles. The van der Waals surface area contributed by atoms with Crippen molar-refractivity contribution >= 4 is 56.0 Å². The van der Waals surface area contributed by atoms with Gasteiger partial charge in [0.25, 0.3) is 0 Å². The Hall–Kier alpha value is 0.710. The zero-order valence-corrected chi connectivity index (χ0v) is 13.9. The summed E-state index contributed by atoms with van der Waals surface area (Å²) in [6.45, 7) is 6.22. The van der Waals surface area contributed by atoms with Crippen LogP contribution in [0, 0.1) is 0 Å². The number of carbonyl (C=O) groups excluding carboxylic acids is 1. The van der Waals surface area contributed by atoms with Gasteiger partial charge in [0.05, 0.1) is 0 Å². The van der Waals surface area contributed by atoms with Gasteiger partial charge in [0.15, 0.2) is 0 Å². The Balaban J connectivity index is -0.000000605. The van der Waals surface area contributed by atoms with Gasteiger partial charge in [-0.2, -0.15) is 0 Å². The zero-order valence-electron chi connectivity index (χ0n) is 8.87. The maximum Gasteiger partial charge on any atom is 0.410 e. The lowest BCUT2D eigenvalue weighted by Crippen LogP contribution is -2.35. The Morgan fingerprint density at radius 2 is 1.79 bits per heavy atom. The number of alkyl halides is 1. The van der Waals surface area contributed by atoms with Crippen molar-refractivity contribution in [3.63, 3.8) is 0 Å². The summed E-state index contributed by atoms with van der Waals surface area (Å²) in [6.07, 6.45) is -0.276. The predicted molar refractivity (Wildman–Crippen MR) is 73.3 cm³/mol. The highest BCUT2D eigenvalue weighted by Gasteiger charge is 2.18. The van der Waals surface area contributed by atoms with Crippen molar-refractivity contribution in [3.8, 4) is 0 Å². The van der Waals surface area contributed by atoms with Crippen molar-refractivity contribution in [1.29, 1.82) is 0 Å². The Morgan fingerprint density at radius 3 is 2.07 bits per heavy atom. The van der Waals surface area contributed by atoms with Crippen LogP contribution >= 0.6 is 49.9 Å². The van der Waals surface area contributed by atoms with Gasteiger partial charge in [-0.25, -0.2) is 4.79 Å². The molecule has 88 valence electrons. The third kappa shape index (κ3) is 10.8. The van der Waals surface area contributed by atoms with Gasteiger partial charge in [-0.15, -0.1) is 34.0 Å². The lowest BCUT2D eigenvalue weighted by molar-refractivity contribution is 0.0310. The van der Waals surface area contributed by atoms with Gasteiger partial charge in [0.1, 0.15) is 5.60 Å². The maximum absolute atomic E-state index is 11.2. The summed E-state index contributed by atoms with van der Waals surface area (Å²) in [4.78, 5) is 12.8. The molecule has 0 aliphatic heterocycles. The van der Waals surface area contributed by atoms with E-state index in [1.165, 1.54) is 0 Å². The number of halogens is 3. The van der Waals surface area contributed by atoms with Crippen LogP contribution in [0.5, 0.6) is 0 Å². The first-order valence-electron chi connectivity index (χ1n) is 3.87. The summed E-state index contributed by atoms with van der Waals surface area (Å²) in [5.74, 6) is 0. The van der Waals surface area contributed by atoms with Crippen molar-refractivity contribution in [2.75, 3.05) is 18.9 Å². The highest BCUT2D eigenvalue weighted by molar-refractivity contribution is 9.09. The van der Waals surface area contributed by atoms with Crippen LogP contribution in [0.15, 0.2) is 0 Å². The van der Waals surface area contributed by atoms with Gasteiger partial charge in [-0.05, 0) is 20.8 Å². The van der Waals surface area contributed by atoms with E-state index in [1.807, 2.05) is 20.8 Å². The molecule has 3 nitrogen and oxygen atoms in total. The summed E-state index contributed by atoms with van der Waals surface area (Å²) in [7, 11) is 1.72. The third-order valence-corrected chi connectivity index (χ3v) is 1.48. The average molecular weight is 400 g/mol. The molecule has 0 heterocycles. The summed E-state index contributed by atoms with van der Waals surface area (Å²) >= 11 is 3.25. The molecular weight excluding hydrogens is 382 g/mol. The lowest BCUT2D eigenvalue weighted by atomic mass is 10.2. The predicted octanol–water partition coefficient (Wildman–Crippen LogP) is 3.40. The number of hydrogen-bond donors (Lipinski definition) is 0. The molecule has 0 unspecified atom stereocenters.